The molecule has 0 radical (unpaired) electrons. The van der Waals surface area contributed by atoms with Crippen molar-refractivity contribution in [3.05, 3.63) is 30.3 Å². The number of rotatable bonds is 5. The number of aliphatic hydroxyl groups excluding tert-OH is 2. The van der Waals surface area contributed by atoms with Gasteiger partial charge in [0.05, 0.1) is 18.8 Å². The molecule has 0 aliphatic rings. The Balaban J connectivity index is 2.60. The van der Waals surface area contributed by atoms with E-state index in [9.17, 15) is 15.0 Å². The number of urea groups is 1. The lowest BCUT2D eigenvalue weighted by atomic mass is 9.99. The van der Waals surface area contributed by atoms with Gasteiger partial charge in [-0.2, -0.15) is 0 Å². The van der Waals surface area contributed by atoms with E-state index in [2.05, 4.69) is 10.6 Å². The van der Waals surface area contributed by atoms with E-state index in [1.807, 2.05) is 6.07 Å². The maximum Gasteiger partial charge on any atom is 0.319 e. The molecule has 4 N–H and O–H groups in total. The minimum absolute atomic E-state index is 0.303. The number of carbonyl (C=O) groups excluding carboxylic acids is 1. The number of anilines is 1. The fourth-order valence-electron chi connectivity index (χ4n) is 1.37. The minimum atomic E-state index is -0.973. The van der Waals surface area contributed by atoms with E-state index in [4.69, 9.17) is 0 Å². The van der Waals surface area contributed by atoms with Crippen molar-refractivity contribution in [2.75, 3.05) is 18.5 Å². The van der Waals surface area contributed by atoms with Crippen LogP contribution < -0.4 is 10.6 Å². The minimum Gasteiger partial charge on any atom is -0.394 e. The second kappa shape index (κ2) is 6.22. The summed E-state index contributed by atoms with van der Waals surface area (Å²) < 4.78 is 0. The van der Waals surface area contributed by atoms with Gasteiger partial charge in [0.2, 0.25) is 0 Å². The first-order valence-corrected chi connectivity index (χ1v) is 5.52. The molecule has 1 rings (SSSR count). The predicted molar refractivity (Wildman–Crippen MR) is 65.8 cm³/mol. The van der Waals surface area contributed by atoms with Gasteiger partial charge in [-0.1, -0.05) is 25.1 Å². The molecule has 0 aliphatic carbocycles. The number of hydrogen-bond acceptors (Lipinski definition) is 3. The van der Waals surface area contributed by atoms with E-state index in [0.29, 0.717) is 12.1 Å². The van der Waals surface area contributed by atoms with Crippen molar-refractivity contribution in [3.63, 3.8) is 0 Å². The lowest BCUT2D eigenvalue weighted by Crippen LogP contribution is -2.55. The molecule has 0 bridgehead atoms. The summed E-state index contributed by atoms with van der Waals surface area (Å²) in [6.45, 7) is 1.18. The van der Waals surface area contributed by atoms with Crippen molar-refractivity contribution in [3.8, 4) is 0 Å². The molecule has 0 spiro atoms. The van der Waals surface area contributed by atoms with Crippen LogP contribution >= 0.6 is 0 Å². The highest BCUT2D eigenvalue weighted by molar-refractivity contribution is 5.89. The quantitative estimate of drug-likeness (QED) is 0.616. The maximum absolute atomic E-state index is 11.7. The van der Waals surface area contributed by atoms with Crippen LogP contribution in [0.3, 0.4) is 0 Å². The Labute approximate surface area is 100 Å². The van der Waals surface area contributed by atoms with E-state index in [-0.39, 0.29) is 13.2 Å². The van der Waals surface area contributed by atoms with Crippen LogP contribution in [-0.2, 0) is 0 Å². The van der Waals surface area contributed by atoms with Crippen molar-refractivity contribution in [1.82, 2.24) is 5.32 Å². The number of aliphatic hydroxyl groups is 2. The SMILES string of the molecule is CCC(CO)(CO)NC(=O)Nc1ccccc1. The monoisotopic (exact) mass is 238 g/mol. The van der Waals surface area contributed by atoms with E-state index in [1.54, 1.807) is 31.2 Å². The van der Waals surface area contributed by atoms with E-state index in [1.165, 1.54) is 0 Å². The second-order valence-corrected chi connectivity index (χ2v) is 3.90. The van der Waals surface area contributed by atoms with Crippen molar-refractivity contribution in [2.45, 2.75) is 18.9 Å². The zero-order chi connectivity index (χ0) is 12.7. The second-order valence-electron chi connectivity index (χ2n) is 3.90. The summed E-state index contributed by atoms with van der Waals surface area (Å²) in [6.07, 6.45) is 0.447. The van der Waals surface area contributed by atoms with Gasteiger partial charge in [-0.15, -0.1) is 0 Å². The highest BCUT2D eigenvalue weighted by Gasteiger charge is 2.28. The maximum atomic E-state index is 11.7. The molecule has 0 heterocycles. The molecule has 0 aliphatic heterocycles. The Morgan fingerprint density at radius 1 is 1.24 bits per heavy atom. The van der Waals surface area contributed by atoms with Crippen LogP contribution in [0.25, 0.3) is 0 Å². The number of nitrogens with one attached hydrogen (secondary N) is 2. The molecule has 1 aromatic carbocycles. The Kier molecular flexibility index (Phi) is 4.93. The highest BCUT2D eigenvalue weighted by Crippen LogP contribution is 2.10. The van der Waals surface area contributed by atoms with E-state index < -0.39 is 11.6 Å². The average Bonchev–Trinajstić information content (AvgIpc) is 2.37. The average molecular weight is 238 g/mol. The van der Waals surface area contributed by atoms with E-state index >= 15 is 0 Å². The van der Waals surface area contributed by atoms with Gasteiger partial charge >= 0.3 is 6.03 Å². The number of carbonyl (C=O) groups is 1. The molecule has 17 heavy (non-hydrogen) atoms. The molecule has 0 aromatic heterocycles. The summed E-state index contributed by atoms with van der Waals surface area (Å²) >= 11 is 0. The van der Waals surface area contributed by atoms with E-state index in [0.717, 1.165) is 0 Å². The first kappa shape index (κ1) is 13.5. The molecule has 0 saturated heterocycles. The zero-order valence-corrected chi connectivity index (χ0v) is 9.81. The normalized spacial score (nSPS) is 11.0. The number of amides is 2. The Hall–Kier alpha value is -1.59. The molecule has 0 atom stereocenters. The molecule has 5 heteroatoms. The first-order valence-electron chi connectivity index (χ1n) is 5.52. The summed E-state index contributed by atoms with van der Waals surface area (Å²) in [7, 11) is 0. The summed E-state index contributed by atoms with van der Waals surface area (Å²) in [5.41, 5.74) is -0.315. The molecule has 0 unspecified atom stereocenters. The molecular weight excluding hydrogens is 220 g/mol. The van der Waals surface area contributed by atoms with Gasteiger partial charge in [-0.05, 0) is 18.6 Å². The summed E-state index contributed by atoms with van der Waals surface area (Å²) in [4.78, 5) is 11.7. The van der Waals surface area contributed by atoms with Crippen LogP contribution in [0.2, 0.25) is 0 Å². The number of para-hydroxylation sites is 1. The molecule has 0 fully saturated rings. The Morgan fingerprint density at radius 3 is 2.29 bits per heavy atom. The van der Waals surface area contributed by atoms with Gasteiger partial charge in [0.25, 0.3) is 0 Å². The number of hydrogen-bond donors (Lipinski definition) is 4. The predicted octanol–water partition coefficient (Wildman–Crippen LogP) is 0.941. The van der Waals surface area contributed by atoms with Crippen LogP contribution in [0.1, 0.15) is 13.3 Å². The standard InChI is InChI=1S/C12H18N2O3/c1-2-12(8-15,9-16)14-11(17)13-10-6-4-3-5-7-10/h3-7,15-16H,2,8-9H2,1H3,(H2,13,14,17). The van der Waals surface area contributed by atoms with Gasteiger partial charge < -0.3 is 20.8 Å². The van der Waals surface area contributed by atoms with Crippen molar-refractivity contribution < 1.29 is 15.0 Å². The summed E-state index contributed by atoms with van der Waals surface area (Å²) in [5, 5.41) is 23.6. The topological polar surface area (TPSA) is 81.6 Å². The molecule has 94 valence electrons. The van der Waals surface area contributed by atoms with Crippen molar-refractivity contribution >= 4 is 11.7 Å². The smallest absolute Gasteiger partial charge is 0.319 e. The highest BCUT2D eigenvalue weighted by atomic mass is 16.3. The molecule has 0 saturated carbocycles. The Bertz CT molecular complexity index is 342. The van der Waals surface area contributed by atoms with Crippen LogP contribution in [0.15, 0.2) is 30.3 Å². The summed E-state index contributed by atoms with van der Waals surface area (Å²) in [5.74, 6) is 0. The third kappa shape index (κ3) is 3.72. The van der Waals surface area contributed by atoms with Gasteiger partial charge in [0, 0.05) is 5.69 Å². The zero-order valence-electron chi connectivity index (χ0n) is 9.81. The first-order chi connectivity index (χ1) is 8.15. The number of benzene rings is 1. The third-order valence-corrected chi connectivity index (χ3v) is 2.69. The molecule has 2 amide bonds. The van der Waals surface area contributed by atoms with Gasteiger partial charge in [0.1, 0.15) is 0 Å². The van der Waals surface area contributed by atoms with Crippen LogP contribution in [0, 0.1) is 0 Å². The lowest BCUT2D eigenvalue weighted by Gasteiger charge is -2.29. The van der Waals surface area contributed by atoms with Gasteiger partial charge in [-0.25, -0.2) is 4.79 Å². The van der Waals surface area contributed by atoms with Crippen LogP contribution in [0.4, 0.5) is 10.5 Å². The third-order valence-electron chi connectivity index (χ3n) is 2.69. The lowest BCUT2D eigenvalue weighted by molar-refractivity contribution is 0.0955. The summed E-state index contributed by atoms with van der Waals surface area (Å²) in [6, 6.07) is 8.53. The van der Waals surface area contributed by atoms with Gasteiger partial charge in [-0.3, -0.25) is 0 Å². The largest absolute Gasteiger partial charge is 0.394 e. The van der Waals surface area contributed by atoms with Crippen molar-refractivity contribution in [1.29, 1.82) is 0 Å². The van der Waals surface area contributed by atoms with Gasteiger partial charge in [0.15, 0.2) is 0 Å². The fourth-order valence-corrected chi connectivity index (χ4v) is 1.37. The fraction of sp³-hybridized carbons (Fsp3) is 0.417. The molecule has 5 nitrogen and oxygen atoms in total. The molecule has 1 aromatic rings. The van der Waals surface area contributed by atoms with Crippen LogP contribution in [-0.4, -0.2) is 35.0 Å². The Morgan fingerprint density at radius 2 is 1.82 bits per heavy atom. The van der Waals surface area contributed by atoms with Crippen LogP contribution in [0.5, 0.6) is 0 Å². The molecular formula is C12H18N2O3. The van der Waals surface area contributed by atoms with Crippen molar-refractivity contribution in [2.24, 2.45) is 0 Å².